The zero-order valence-electron chi connectivity index (χ0n) is 7.38. The molecule has 1 aromatic carbocycles. The quantitative estimate of drug-likeness (QED) is 0.807. The lowest BCUT2D eigenvalue weighted by Gasteiger charge is -2.06. The van der Waals surface area contributed by atoms with Crippen molar-refractivity contribution in [1.29, 1.82) is 0 Å². The molecule has 1 rings (SSSR count). The zero-order chi connectivity index (χ0) is 9.84. The van der Waals surface area contributed by atoms with Gasteiger partial charge in [-0.3, -0.25) is 4.79 Å². The average Bonchev–Trinajstić information content (AvgIpc) is 2.08. The maximum atomic E-state index is 10.9. The highest BCUT2D eigenvalue weighted by Crippen LogP contribution is 2.20. The molecule has 2 nitrogen and oxygen atoms in total. The van der Waals surface area contributed by atoms with E-state index in [9.17, 15) is 4.79 Å². The highest BCUT2D eigenvalue weighted by atomic mass is 35.5. The van der Waals surface area contributed by atoms with Gasteiger partial charge in [-0.25, -0.2) is 0 Å². The normalized spacial score (nSPS) is 10.1. The Bertz CT molecular complexity index is 321. The molecule has 3 heteroatoms. The van der Waals surface area contributed by atoms with Crippen LogP contribution in [-0.4, -0.2) is 10.9 Å². The van der Waals surface area contributed by atoms with Crippen LogP contribution in [0, 0.1) is 0 Å². The molecule has 0 spiro atoms. The highest BCUT2D eigenvalue weighted by Gasteiger charge is 2.07. The van der Waals surface area contributed by atoms with E-state index in [-0.39, 0.29) is 18.8 Å². The standard InChI is InChI=1S/C10H11ClO2/c1-7(13)5-9-8(6-12)3-2-4-10(9)11/h2-4,12H,5-6H2,1H3. The second-order valence-corrected chi connectivity index (χ2v) is 3.32. The first kappa shape index (κ1) is 10.2. The van der Waals surface area contributed by atoms with Crippen molar-refractivity contribution >= 4 is 17.4 Å². The maximum absolute atomic E-state index is 10.9. The van der Waals surface area contributed by atoms with E-state index >= 15 is 0 Å². The molecule has 1 N–H and O–H groups in total. The summed E-state index contributed by atoms with van der Waals surface area (Å²) in [6.07, 6.45) is 0.287. The van der Waals surface area contributed by atoms with Crippen LogP contribution >= 0.6 is 11.6 Å². The van der Waals surface area contributed by atoms with E-state index in [1.54, 1.807) is 18.2 Å². The van der Waals surface area contributed by atoms with Crippen LogP contribution in [0.2, 0.25) is 5.02 Å². The summed E-state index contributed by atoms with van der Waals surface area (Å²) in [6.45, 7) is 1.42. The summed E-state index contributed by atoms with van der Waals surface area (Å²) in [5.74, 6) is 0.0443. The molecule has 0 amide bonds. The van der Waals surface area contributed by atoms with E-state index < -0.39 is 0 Å². The second kappa shape index (κ2) is 4.40. The number of ketones is 1. The molecule has 0 saturated heterocycles. The number of aliphatic hydroxyl groups excluding tert-OH is 1. The number of carbonyl (C=O) groups is 1. The van der Waals surface area contributed by atoms with Gasteiger partial charge >= 0.3 is 0 Å². The minimum absolute atomic E-state index is 0.0443. The van der Waals surface area contributed by atoms with Gasteiger partial charge in [0.05, 0.1) is 6.61 Å². The number of Topliss-reactive ketones (excluding diaryl/α,β-unsaturated/α-hetero) is 1. The van der Waals surface area contributed by atoms with Gasteiger partial charge in [0.15, 0.2) is 0 Å². The fourth-order valence-electron chi connectivity index (χ4n) is 1.20. The molecule has 0 aliphatic rings. The Morgan fingerprint density at radius 1 is 1.54 bits per heavy atom. The van der Waals surface area contributed by atoms with Crippen LogP contribution in [0.1, 0.15) is 18.1 Å². The summed E-state index contributed by atoms with van der Waals surface area (Å²) >= 11 is 5.89. The lowest BCUT2D eigenvalue weighted by atomic mass is 10.0. The zero-order valence-corrected chi connectivity index (χ0v) is 8.14. The average molecular weight is 199 g/mol. The molecular formula is C10H11ClO2. The summed E-state index contributed by atoms with van der Waals surface area (Å²) in [5.41, 5.74) is 1.46. The highest BCUT2D eigenvalue weighted by molar-refractivity contribution is 6.31. The predicted octanol–water partition coefficient (Wildman–Crippen LogP) is 1.96. The van der Waals surface area contributed by atoms with Crippen LogP contribution in [-0.2, 0) is 17.8 Å². The third-order valence-corrected chi connectivity index (χ3v) is 2.17. The van der Waals surface area contributed by atoms with Crippen molar-refractivity contribution in [3.63, 3.8) is 0 Å². The number of halogens is 1. The van der Waals surface area contributed by atoms with Gasteiger partial charge in [-0.2, -0.15) is 0 Å². The number of rotatable bonds is 3. The molecule has 0 bridgehead atoms. The van der Waals surface area contributed by atoms with Crippen molar-refractivity contribution in [2.45, 2.75) is 20.0 Å². The number of hydrogen-bond donors (Lipinski definition) is 1. The number of hydrogen-bond acceptors (Lipinski definition) is 2. The van der Waals surface area contributed by atoms with E-state index in [1.165, 1.54) is 6.92 Å². The fraction of sp³-hybridized carbons (Fsp3) is 0.300. The van der Waals surface area contributed by atoms with Crippen molar-refractivity contribution in [3.05, 3.63) is 34.3 Å². The largest absolute Gasteiger partial charge is 0.392 e. The molecule has 13 heavy (non-hydrogen) atoms. The predicted molar refractivity (Wildman–Crippen MR) is 51.8 cm³/mol. The number of carbonyl (C=O) groups excluding carboxylic acids is 1. The third-order valence-electron chi connectivity index (χ3n) is 1.81. The molecule has 0 radical (unpaired) electrons. The van der Waals surface area contributed by atoms with Crippen LogP contribution in [0.3, 0.4) is 0 Å². The Hall–Kier alpha value is -0.860. The topological polar surface area (TPSA) is 37.3 Å². The van der Waals surface area contributed by atoms with Crippen LogP contribution < -0.4 is 0 Å². The van der Waals surface area contributed by atoms with Gasteiger partial charge in [0.1, 0.15) is 5.78 Å². The molecule has 70 valence electrons. The number of benzene rings is 1. The Morgan fingerprint density at radius 3 is 2.77 bits per heavy atom. The third kappa shape index (κ3) is 2.54. The molecule has 1 aromatic rings. The van der Waals surface area contributed by atoms with Crippen LogP contribution in [0.25, 0.3) is 0 Å². The Balaban J connectivity index is 3.07. The Kier molecular flexibility index (Phi) is 3.46. The fourth-order valence-corrected chi connectivity index (χ4v) is 1.46. The van der Waals surface area contributed by atoms with E-state index in [1.807, 2.05) is 0 Å². The van der Waals surface area contributed by atoms with Crippen molar-refractivity contribution in [3.8, 4) is 0 Å². The number of aliphatic hydroxyl groups is 1. The summed E-state index contributed by atoms with van der Waals surface area (Å²) in [5, 5.41) is 9.53. The van der Waals surface area contributed by atoms with Gasteiger partial charge in [0.2, 0.25) is 0 Å². The first-order valence-electron chi connectivity index (χ1n) is 4.01. The van der Waals surface area contributed by atoms with Gasteiger partial charge in [0, 0.05) is 11.4 Å². The van der Waals surface area contributed by atoms with Crippen molar-refractivity contribution < 1.29 is 9.90 Å². The van der Waals surface area contributed by atoms with E-state index in [2.05, 4.69) is 0 Å². The first-order valence-corrected chi connectivity index (χ1v) is 4.39. The summed E-state index contributed by atoms with van der Waals surface area (Å²) in [4.78, 5) is 10.9. The van der Waals surface area contributed by atoms with Gasteiger partial charge < -0.3 is 5.11 Å². The monoisotopic (exact) mass is 198 g/mol. The maximum Gasteiger partial charge on any atom is 0.134 e. The van der Waals surface area contributed by atoms with E-state index in [0.29, 0.717) is 5.02 Å². The lowest BCUT2D eigenvalue weighted by molar-refractivity contribution is -0.116. The lowest BCUT2D eigenvalue weighted by Crippen LogP contribution is -2.01. The SMILES string of the molecule is CC(=O)Cc1c(Cl)cccc1CO. The molecule has 0 saturated carbocycles. The minimum atomic E-state index is -0.0802. The molecule has 0 heterocycles. The van der Waals surface area contributed by atoms with Crippen LogP contribution in [0.5, 0.6) is 0 Å². The van der Waals surface area contributed by atoms with Gasteiger partial charge in [-0.05, 0) is 24.1 Å². The van der Waals surface area contributed by atoms with Gasteiger partial charge in [0.25, 0.3) is 0 Å². The van der Waals surface area contributed by atoms with Crippen LogP contribution in [0.15, 0.2) is 18.2 Å². The molecule has 0 aromatic heterocycles. The van der Waals surface area contributed by atoms with Gasteiger partial charge in [-0.1, -0.05) is 23.7 Å². The minimum Gasteiger partial charge on any atom is -0.392 e. The molecule has 0 fully saturated rings. The van der Waals surface area contributed by atoms with Crippen molar-refractivity contribution in [2.24, 2.45) is 0 Å². The van der Waals surface area contributed by atoms with Gasteiger partial charge in [-0.15, -0.1) is 0 Å². The summed E-state index contributed by atoms with van der Waals surface area (Å²) in [7, 11) is 0. The van der Waals surface area contributed by atoms with Crippen molar-refractivity contribution in [2.75, 3.05) is 0 Å². The van der Waals surface area contributed by atoms with E-state index in [0.717, 1.165) is 11.1 Å². The second-order valence-electron chi connectivity index (χ2n) is 2.91. The summed E-state index contributed by atoms with van der Waals surface area (Å²) in [6, 6.07) is 5.25. The summed E-state index contributed by atoms with van der Waals surface area (Å²) < 4.78 is 0. The van der Waals surface area contributed by atoms with Crippen LogP contribution in [0.4, 0.5) is 0 Å². The Morgan fingerprint density at radius 2 is 2.23 bits per heavy atom. The first-order chi connectivity index (χ1) is 6.15. The smallest absolute Gasteiger partial charge is 0.134 e. The Labute approximate surface area is 82.2 Å². The van der Waals surface area contributed by atoms with E-state index in [4.69, 9.17) is 16.7 Å². The molecule has 0 atom stereocenters. The molecule has 0 aliphatic heterocycles. The van der Waals surface area contributed by atoms with Crippen molar-refractivity contribution in [1.82, 2.24) is 0 Å². The molecule has 0 aliphatic carbocycles. The molecule has 0 unspecified atom stereocenters. The molecular weight excluding hydrogens is 188 g/mol.